The predicted molar refractivity (Wildman–Crippen MR) is 63.1 cm³/mol. The summed E-state index contributed by atoms with van der Waals surface area (Å²) in [6.45, 7) is 0.912. The van der Waals surface area contributed by atoms with Crippen molar-refractivity contribution in [3.8, 4) is 5.75 Å². The molecule has 0 saturated heterocycles. The fourth-order valence-corrected chi connectivity index (χ4v) is 1.29. The lowest BCUT2D eigenvalue weighted by Gasteiger charge is -2.21. The number of amides is 1. The average molecular weight is 253 g/mol. The van der Waals surface area contributed by atoms with Gasteiger partial charge in [0.05, 0.1) is 12.7 Å². The van der Waals surface area contributed by atoms with Crippen LogP contribution in [0.25, 0.3) is 0 Å². The van der Waals surface area contributed by atoms with Crippen LogP contribution in [0.3, 0.4) is 0 Å². The number of carbonyl (C=O) groups excluding carboxylic acids is 2. The Bertz CT molecular complexity index is 456. The van der Waals surface area contributed by atoms with E-state index in [9.17, 15) is 14.7 Å². The minimum Gasteiger partial charge on any atom is -0.489 e. The first-order chi connectivity index (χ1) is 8.38. The molecule has 6 heteroatoms. The van der Waals surface area contributed by atoms with Gasteiger partial charge in [-0.05, 0) is 19.1 Å². The standard InChI is InChI=1S/C12H15NO5/c1-12(16,11(15)17-2)7-18-9-6-4-3-5-8(9)10(13)14/h3-6,16H,7H2,1-2H3,(H2,13,14). The van der Waals surface area contributed by atoms with E-state index in [-0.39, 0.29) is 17.9 Å². The van der Waals surface area contributed by atoms with Gasteiger partial charge in [0, 0.05) is 0 Å². The summed E-state index contributed by atoms with van der Waals surface area (Å²) >= 11 is 0. The number of methoxy groups -OCH3 is 1. The number of primary amides is 1. The first-order valence-corrected chi connectivity index (χ1v) is 5.21. The van der Waals surface area contributed by atoms with E-state index < -0.39 is 17.5 Å². The second-order valence-corrected chi connectivity index (χ2v) is 3.91. The molecule has 0 aliphatic rings. The van der Waals surface area contributed by atoms with Gasteiger partial charge in [0.1, 0.15) is 12.4 Å². The van der Waals surface area contributed by atoms with Gasteiger partial charge in [-0.2, -0.15) is 0 Å². The summed E-state index contributed by atoms with van der Waals surface area (Å²) in [5, 5.41) is 9.76. The van der Waals surface area contributed by atoms with Crippen LogP contribution in [0.5, 0.6) is 5.75 Å². The molecule has 0 aliphatic heterocycles. The molecule has 98 valence electrons. The number of benzene rings is 1. The molecule has 0 spiro atoms. The molecule has 1 amide bonds. The van der Waals surface area contributed by atoms with E-state index >= 15 is 0 Å². The Balaban J connectivity index is 2.81. The monoisotopic (exact) mass is 253 g/mol. The lowest BCUT2D eigenvalue weighted by Crippen LogP contribution is -2.42. The molecule has 1 aromatic carbocycles. The van der Waals surface area contributed by atoms with Gasteiger partial charge >= 0.3 is 5.97 Å². The zero-order chi connectivity index (χ0) is 13.8. The van der Waals surface area contributed by atoms with Crippen molar-refractivity contribution in [3.05, 3.63) is 29.8 Å². The zero-order valence-corrected chi connectivity index (χ0v) is 10.2. The Morgan fingerprint density at radius 3 is 2.56 bits per heavy atom. The van der Waals surface area contributed by atoms with Crippen molar-refractivity contribution in [1.82, 2.24) is 0 Å². The highest BCUT2D eigenvalue weighted by Gasteiger charge is 2.32. The van der Waals surface area contributed by atoms with E-state index in [1.54, 1.807) is 12.1 Å². The van der Waals surface area contributed by atoms with Crippen LogP contribution in [0, 0.1) is 0 Å². The van der Waals surface area contributed by atoms with Crippen molar-refractivity contribution in [2.75, 3.05) is 13.7 Å². The van der Waals surface area contributed by atoms with Crippen LogP contribution < -0.4 is 10.5 Å². The van der Waals surface area contributed by atoms with Crippen LogP contribution in [-0.4, -0.2) is 36.3 Å². The first kappa shape index (κ1) is 14.0. The van der Waals surface area contributed by atoms with Crippen LogP contribution in [-0.2, 0) is 9.53 Å². The fourth-order valence-electron chi connectivity index (χ4n) is 1.29. The number of hydrogen-bond acceptors (Lipinski definition) is 5. The van der Waals surface area contributed by atoms with Crippen LogP contribution >= 0.6 is 0 Å². The third-order valence-electron chi connectivity index (χ3n) is 2.29. The van der Waals surface area contributed by atoms with E-state index in [1.165, 1.54) is 19.1 Å². The van der Waals surface area contributed by atoms with Crippen molar-refractivity contribution in [1.29, 1.82) is 0 Å². The molecule has 0 saturated carbocycles. The molecule has 0 fully saturated rings. The Kier molecular flexibility index (Phi) is 4.28. The molecule has 0 radical (unpaired) electrons. The van der Waals surface area contributed by atoms with Gasteiger partial charge in [0.25, 0.3) is 5.91 Å². The average Bonchev–Trinajstić information content (AvgIpc) is 2.35. The molecule has 0 aliphatic carbocycles. The number of nitrogens with two attached hydrogens (primary N) is 1. The molecule has 0 heterocycles. The second-order valence-electron chi connectivity index (χ2n) is 3.91. The number of para-hydroxylation sites is 1. The molecule has 1 rings (SSSR count). The molecule has 3 N–H and O–H groups in total. The minimum atomic E-state index is -1.79. The molecule has 18 heavy (non-hydrogen) atoms. The van der Waals surface area contributed by atoms with E-state index in [1.807, 2.05) is 0 Å². The van der Waals surface area contributed by atoms with Gasteiger partial charge in [0.15, 0.2) is 5.60 Å². The number of esters is 1. The van der Waals surface area contributed by atoms with Crippen molar-refractivity contribution in [2.45, 2.75) is 12.5 Å². The SMILES string of the molecule is COC(=O)C(C)(O)COc1ccccc1C(N)=O. The highest BCUT2D eigenvalue weighted by atomic mass is 16.6. The van der Waals surface area contributed by atoms with Crippen LogP contribution in [0.1, 0.15) is 17.3 Å². The zero-order valence-electron chi connectivity index (χ0n) is 10.2. The smallest absolute Gasteiger partial charge is 0.341 e. The van der Waals surface area contributed by atoms with Gasteiger partial charge in [-0.1, -0.05) is 12.1 Å². The number of aliphatic hydroxyl groups is 1. The maximum atomic E-state index is 11.2. The van der Waals surface area contributed by atoms with Crippen molar-refractivity contribution >= 4 is 11.9 Å². The summed E-state index contributed by atoms with van der Waals surface area (Å²) in [6.07, 6.45) is 0. The minimum absolute atomic E-state index is 0.179. The summed E-state index contributed by atoms with van der Waals surface area (Å²) in [6, 6.07) is 6.29. The number of hydrogen-bond donors (Lipinski definition) is 2. The molecule has 1 atom stereocenters. The molecular weight excluding hydrogens is 238 g/mol. The molecule has 1 aromatic rings. The van der Waals surface area contributed by atoms with Crippen molar-refractivity contribution < 1.29 is 24.2 Å². The lowest BCUT2D eigenvalue weighted by molar-refractivity contribution is -0.163. The van der Waals surface area contributed by atoms with Crippen LogP contribution in [0.15, 0.2) is 24.3 Å². The number of carbonyl (C=O) groups is 2. The summed E-state index contributed by atoms with van der Waals surface area (Å²) in [5.74, 6) is -1.27. The summed E-state index contributed by atoms with van der Waals surface area (Å²) < 4.78 is 9.66. The van der Waals surface area contributed by atoms with E-state index in [0.717, 1.165) is 7.11 Å². The number of rotatable bonds is 5. The van der Waals surface area contributed by atoms with Crippen molar-refractivity contribution in [3.63, 3.8) is 0 Å². The van der Waals surface area contributed by atoms with Gasteiger partial charge in [-0.3, -0.25) is 4.79 Å². The quantitative estimate of drug-likeness (QED) is 0.724. The Hall–Kier alpha value is -2.08. The molecule has 6 nitrogen and oxygen atoms in total. The Morgan fingerprint density at radius 1 is 1.39 bits per heavy atom. The highest BCUT2D eigenvalue weighted by molar-refractivity contribution is 5.95. The maximum Gasteiger partial charge on any atom is 0.341 e. The van der Waals surface area contributed by atoms with E-state index in [0.29, 0.717) is 0 Å². The van der Waals surface area contributed by atoms with Gasteiger partial charge < -0.3 is 20.3 Å². The molecule has 0 aromatic heterocycles. The maximum absolute atomic E-state index is 11.2. The van der Waals surface area contributed by atoms with Gasteiger partial charge in [-0.25, -0.2) is 4.79 Å². The Morgan fingerprint density at radius 2 is 2.00 bits per heavy atom. The highest BCUT2D eigenvalue weighted by Crippen LogP contribution is 2.19. The van der Waals surface area contributed by atoms with Crippen LogP contribution in [0.4, 0.5) is 0 Å². The fraction of sp³-hybridized carbons (Fsp3) is 0.333. The normalized spacial score (nSPS) is 13.5. The summed E-state index contributed by atoms with van der Waals surface area (Å²) in [5.41, 5.74) is 3.55. The first-order valence-electron chi connectivity index (χ1n) is 5.21. The molecular formula is C12H15NO5. The van der Waals surface area contributed by atoms with Crippen LogP contribution in [0.2, 0.25) is 0 Å². The van der Waals surface area contributed by atoms with Crippen molar-refractivity contribution in [2.24, 2.45) is 5.73 Å². The second kappa shape index (κ2) is 5.50. The van der Waals surface area contributed by atoms with E-state index in [4.69, 9.17) is 10.5 Å². The topological polar surface area (TPSA) is 98.8 Å². The Labute approximate surface area is 104 Å². The molecule has 0 bridgehead atoms. The largest absolute Gasteiger partial charge is 0.489 e. The summed E-state index contributed by atoms with van der Waals surface area (Å²) in [4.78, 5) is 22.4. The third kappa shape index (κ3) is 3.21. The van der Waals surface area contributed by atoms with Gasteiger partial charge in [0.2, 0.25) is 0 Å². The van der Waals surface area contributed by atoms with E-state index in [2.05, 4.69) is 4.74 Å². The molecule has 1 unspecified atom stereocenters. The third-order valence-corrected chi connectivity index (χ3v) is 2.29. The van der Waals surface area contributed by atoms with Gasteiger partial charge in [-0.15, -0.1) is 0 Å². The predicted octanol–water partition coefficient (Wildman–Crippen LogP) is 0.0883. The lowest BCUT2D eigenvalue weighted by atomic mass is 10.1. The number of ether oxygens (including phenoxy) is 2. The summed E-state index contributed by atoms with van der Waals surface area (Å²) in [7, 11) is 1.16.